The maximum absolute atomic E-state index is 10.6. The van der Waals surface area contributed by atoms with Crippen molar-refractivity contribution in [3.63, 3.8) is 0 Å². The third-order valence-corrected chi connectivity index (χ3v) is 1.04. The molecule has 0 aromatic heterocycles. The van der Waals surface area contributed by atoms with Gasteiger partial charge in [-0.05, 0) is 13.3 Å². The van der Waals surface area contributed by atoms with Gasteiger partial charge in [0.15, 0.2) is 6.29 Å². The quantitative estimate of drug-likeness (QED) is 0.476. The maximum Gasteiger partial charge on any atom is 0.308 e. The van der Waals surface area contributed by atoms with Gasteiger partial charge in [0.05, 0.1) is 0 Å². The molecule has 0 saturated carbocycles. The van der Waals surface area contributed by atoms with Crippen molar-refractivity contribution in [3.05, 3.63) is 0 Å². The van der Waals surface area contributed by atoms with Gasteiger partial charge in [0.1, 0.15) is 0 Å². The van der Waals surface area contributed by atoms with Gasteiger partial charge >= 0.3 is 5.97 Å². The molecule has 3 heteroatoms. The molecule has 1 atom stereocenters. The Morgan fingerprint density at radius 3 is 2.70 bits per heavy atom. The van der Waals surface area contributed by atoms with Crippen molar-refractivity contribution in [1.29, 1.82) is 0 Å². The van der Waals surface area contributed by atoms with E-state index in [0.29, 0.717) is 6.42 Å². The SMILES string of the molecule is CCCCC(=O)OC(C)O. The summed E-state index contributed by atoms with van der Waals surface area (Å²) in [4.78, 5) is 10.6. The molecular weight excluding hydrogens is 132 g/mol. The normalized spacial score (nSPS) is 12.7. The van der Waals surface area contributed by atoms with Gasteiger partial charge in [-0.15, -0.1) is 0 Å². The zero-order valence-corrected chi connectivity index (χ0v) is 6.46. The molecule has 0 bridgehead atoms. The Morgan fingerprint density at radius 1 is 1.70 bits per heavy atom. The molecule has 3 nitrogen and oxygen atoms in total. The highest BCUT2D eigenvalue weighted by Crippen LogP contribution is 1.97. The van der Waals surface area contributed by atoms with Gasteiger partial charge in [0.25, 0.3) is 0 Å². The summed E-state index contributed by atoms with van der Waals surface area (Å²) in [7, 11) is 0. The standard InChI is InChI=1S/C7H14O3/c1-3-4-5-7(9)10-6(2)8/h6,8H,3-5H2,1-2H3. The first-order valence-corrected chi connectivity index (χ1v) is 3.54. The third kappa shape index (κ3) is 5.56. The summed E-state index contributed by atoms with van der Waals surface area (Å²) in [5.74, 6) is -0.322. The second-order valence-electron chi connectivity index (χ2n) is 2.19. The Balaban J connectivity index is 3.26. The Hall–Kier alpha value is -0.570. The van der Waals surface area contributed by atoms with Crippen LogP contribution in [0.5, 0.6) is 0 Å². The van der Waals surface area contributed by atoms with Crippen LogP contribution in [-0.4, -0.2) is 17.4 Å². The minimum atomic E-state index is -0.968. The van der Waals surface area contributed by atoms with Crippen LogP contribution >= 0.6 is 0 Å². The molecule has 0 amide bonds. The molecule has 0 aromatic rings. The first-order valence-electron chi connectivity index (χ1n) is 3.54. The van der Waals surface area contributed by atoms with E-state index in [9.17, 15) is 4.79 Å². The highest BCUT2D eigenvalue weighted by Gasteiger charge is 2.03. The van der Waals surface area contributed by atoms with Gasteiger partial charge in [-0.2, -0.15) is 0 Å². The molecule has 1 N–H and O–H groups in total. The van der Waals surface area contributed by atoms with Crippen molar-refractivity contribution in [3.8, 4) is 0 Å². The topological polar surface area (TPSA) is 46.5 Å². The van der Waals surface area contributed by atoms with E-state index in [2.05, 4.69) is 4.74 Å². The summed E-state index contributed by atoms with van der Waals surface area (Å²) in [5, 5.41) is 8.58. The van der Waals surface area contributed by atoms with E-state index in [4.69, 9.17) is 5.11 Å². The van der Waals surface area contributed by atoms with Crippen LogP contribution in [0.3, 0.4) is 0 Å². The molecule has 60 valence electrons. The number of hydrogen-bond donors (Lipinski definition) is 1. The number of aliphatic hydroxyl groups is 1. The fraction of sp³-hybridized carbons (Fsp3) is 0.857. The smallest absolute Gasteiger partial charge is 0.308 e. The molecule has 0 radical (unpaired) electrons. The van der Waals surface area contributed by atoms with E-state index in [1.165, 1.54) is 6.92 Å². The van der Waals surface area contributed by atoms with E-state index < -0.39 is 6.29 Å². The number of carbonyl (C=O) groups excluding carboxylic acids is 1. The Bertz CT molecular complexity index is 99.0. The molecule has 0 aliphatic rings. The van der Waals surface area contributed by atoms with Gasteiger partial charge in [0, 0.05) is 6.42 Å². The molecular formula is C7H14O3. The van der Waals surface area contributed by atoms with E-state index in [1.807, 2.05) is 6.92 Å². The van der Waals surface area contributed by atoms with Crippen molar-refractivity contribution < 1.29 is 14.6 Å². The zero-order valence-electron chi connectivity index (χ0n) is 6.46. The molecule has 0 aliphatic carbocycles. The molecule has 0 fully saturated rings. The Morgan fingerprint density at radius 2 is 2.30 bits per heavy atom. The first-order chi connectivity index (χ1) is 4.66. The largest absolute Gasteiger partial charge is 0.436 e. The lowest BCUT2D eigenvalue weighted by Gasteiger charge is -2.05. The highest BCUT2D eigenvalue weighted by molar-refractivity contribution is 5.69. The monoisotopic (exact) mass is 146 g/mol. The van der Waals surface area contributed by atoms with Crippen LogP contribution in [0, 0.1) is 0 Å². The molecule has 1 unspecified atom stereocenters. The van der Waals surface area contributed by atoms with Crippen LogP contribution in [0.15, 0.2) is 0 Å². The third-order valence-electron chi connectivity index (χ3n) is 1.04. The van der Waals surface area contributed by atoms with Crippen LogP contribution in [-0.2, 0) is 9.53 Å². The first kappa shape index (κ1) is 9.43. The number of esters is 1. The van der Waals surface area contributed by atoms with Gasteiger partial charge in [-0.1, -0.05) is 13.3 Å². The minimum absolute atomic E-state index is 0.322. The van der Waals surface area contributed by atoms with Gasteiger partial charge in [-0.3, -0.25) is 4.79 Å². The molecule has 0 aromatic carbocycles. The molecule has 0 rings (SSSR count). The van der Waals surface area contributed by atoms with Crippen LogP contribution in [0.4, 0.5) is 0 Å². The second-order valence-corrected chi connectivity index (χ2v) is 2.19. The van der Waals surface area contributed by atoms with Crippen molar-refractivity contribution in [2.75, 3.05) is 0 Å². The number of ether oxygens (including phenoxy) is 1. The van der Waals surface area contributed by atoms with Crippen LogP contribution < -0.4 is 0 Å². The highest BCUT2D eigenvalue weighted by atomic mass is 16.6. The van der Waals surface area contributed by atoms with E-state index in [-0.39, 0.29) is 5.97 Å². The molecule has 0 heterocycles. The number of carbonyl (C=O) groups is 1. The van der Waals surface area contributed by atoms with Gasteiger partial charge < -0.3 is 9.84 Å². The van der Waals surface area contributed by atoms with Crippen molar-refractivity contribution in [2.45, 2.75) is 39.4 Å². The summed E-state index contributed by atoms with van der Waals surface area (Å²) in [6.45, 7) is 3.42. The van der Waals surface area contributed by atoms with Gasteiger partial charge in [0.2, 0.25) is 0 Å². The average molecular weight is 146 g/mol. The Labute approximate surface area is 61.0 Å². The van der Waals surface area contributed by atoms with Crippen molar-refractivity contribution in [2.24, 2.45) is 0 Å². The number of aliphatic hydroxyl groups excluding tert-OH is 1. The van der Waals surface area contributed by atoms with E-state index in [1.54, 1.807) is 0 Å². The van der Waals surface area contributed by atoms with Gasteiger partial charge in [-0.25, -0.2) is 0 Å². The predicted octanol–water partition coefficient (Wildman–Crippen LogP) is 1.06. The summed E-state index contributed by atoms with van der Waals surface area (Å²) in [5.41, 5.74) is 0. The summed E-state index contributed by atoms with van der Waals surface area (Å²) >= 11 is 0. The maximum atomic E-state index is 10.6. The minimum Gasteiger partial charge on any atom is -0.436 e. The van der Waals surface area contributed by atoms with Crippen molar-refractivity contribution >= 4 is 5.97 Å². The molecule has 0 saturated heterocycles. The number of hydrogen-bond acceptors (Lipinski definition) is 3. The fourth-order valence-corrected chi connectivity index (χ4v) is 0.570. The summed E-state index contributed by atoms with van der Waals surface area (Å²) in [6.07, 6.45) is 1.23. The molecule has 0 aliphatic heterocycles. The predicted molar refractivity (Wildman–Crippen MR) is 37.3 cm³/mol. The molecule has 10 heavy (non-hydrogen) atoms. The second kappa shape index (κ2) is 5.23. The number of unbranched alkanes of at least 4 members (excludes halogenated alkanes) is 1. The summed E-state index contributed by atoms with van der Waals surface area (Å²) in [6, 6.07) is 0. The lowest BCUT2D eigenvalue weighted by Crippen LogP contribution is -2.13. The van der Waals surface area contributed by atoms with Crippen molar-refractivity contribution in [1.82, 2.24) is 0 Å². The van der Waals surface area contributed by atoms with E-state index >= 15 is 0 Å². The number of rotatable bonds is 4. The average Bonchev–Trinajstić information content (AvgIpc) is 1.82. The zero-order chi connectivity index (χ0) is 7.98. The fourth-order valence-electron chi connectivity index (χ4n) is 0.570. The van der Waals surface area contributed by atoms with Crippen LogP contribution in [0.1, 0.15) is 33.1 Å². The lowest BCUT2D eigenvalue weighted by atomic mass is 10.2. The molecule has 0 spiro atoms. The van der Waals surface area contributed by atoms with E-state index in [0.717, 1.165) is 12.8 Å². The van der Waals surface area contributed by atoms with Crippen LogP contribution in [0.2, 0.25) is 0 Å². The van der Waals surface area contributed by atoms with Crippen LogP contribution in [0.25, 0.3) is 0 Å². The lowest BCUT2D eigenvalue weighted by molar-refractivity contribution is -0.164. The Kier molecular flexibility index (Phi) is 4.94. The summed E-state index contributed by atoms with van der Waals surface area (Å²) < 4.78 is 4.47.